The molecule has 0 aliphatic heterocycles. The lowest BCUT2D eigenvalue weighted by Crippen LogP contribution is -2.12. The molecule has 1 aromatic heterocycles. The Morgan fingerprint density at radius 2 is 2.21 bits per heavy atom. The van der Waals surface area contributed by atoms with E-state index >= 15 is 0 Å². The molecule has 0 saturated carbocycles. The Kier molecular flexibility index (Phi) is 4.12. The summed E-state index contributed by atoms with van der Waals surface area (Å²) < 4.78 is 2.16. The van der Waals surface area contributed by atoms with E-state index in [1.165, 1.54) is 5.69 Å². The molecule has 2 aromatic rings. The van der Waals surface area contributed by atoms with Crippen molar-refractivity contribution in [2.75, 3.05) is 5.32 Å². The fraction of sp³-hybridized carbons (Fsp3) is 0.214. The van der Waals surface area contributed by atoms with Gasteiger partial charge in [0.1, 0.15) is 0 Å². The summed E-state index contributed by atoms with van der Waals surface area (Å²) in [5.74, 6) is -0.517. The van der Waals surface area contributed by atoms with Crippen LogP contribution >= 0.6 is 11.6 Å². The number of rotatable bonds is 5. The molecule has 1 aromatic carbocycles. The Bertz CT molecular complexity index is 592. The number of aromatic nitrogens is 1. The van der Waals surface area contributed by atoms with Crippen LogP contribution in [0.15, 0.2) is 36.5 Å². The number of amides is 1. The van der Waals surface area contributed by atoms with Crippen LogP contribution in [0.5, 0.6) is 0 Å². The van der Waals surface area contributed by atoms with Crippen LogP contribution in [0.2, 0.25) is 5.02 Å². The third-order valence-corrected chi connectivity index (χ3v) is 3.29. The quantitative estimate of drug-likeness (QED) is 0.883. The zero-order valence-electron chi connectivity index (χ0n) is 10.7. The van der Waals surface area contributed by atoms with Crippen molar-refractivity contribution in [3.05, 3.63) is 52.8 Å². The van der Waals surface area contributed by atoms with Gasteiger partial charge in [-0.05, 0) is 37.3 Å². The maximum Gasteiger partial charge on any atom is 0.250 e. The number of nitrogens with one attached hydrogen (secondary N) is 1. The second-order valence-corrected chi connectivity index (χ2v) is 4.61. The van der Waals surface area contributed by atoms with Crippen molar-refractivity contribution in [3.8, 4) is 0 Å². The lowest BCUT2D eigenvalue weighted by atomic mass is 10.2. The van der Waals surface area contributed by atoms with Crippen LogP contribution in [0.3, 0.4) is 0 Å². The van der Waals surface area contributed by atoms with Crippen molar-refractivity contribution in [1.82, 2.24) is 4.57 Å². The van der Waals surface area contributed by atoms with Gasteiger partial charge < -0.3 is 15.6 Å². The SMILES string of the molecule is CCn1cccc1CNc1ccc(C(N)=O)c(Cl)c1. The molecule has 0 fully saturated rings. The summed E-state index contributed by atoms with van der Waals surface area (Å²) in [7, 11) is 0. The number of benzene rings is 1. The lowest BCUT2D eigenvalue weighted by molar-refractivity contribution is 0.100. The molecule has 3 N–H and O–H groups in total. The number of carbonyl (C=O) groups excluding carboxylic acids is 1. The van der Waals surface area contributed by atoms with E-state index in [0.717, 1.165) is 12.2 Å². The topological polar surface area (TPSA) is 60.1 Å². The van der Waals surface area contributed by atoms with Crippen molar-refractivity contribution in [2.45, 2.75) is 20.0 Å². The molecule has 1 amide bonds. The van der Waals surface area contributed by atoms with Crippen LogP contribution in [0.4, 0.5) is 5.69 Å². The predicted octanol–water partition coefficient (Wildman–Crippen LogP) is 2.87. The lowest BCUT2D eigenvalue weighted by Gasteiger charge is -2.10. The molecule has 1 heterocycles. The molecule has 0 aliphatic rings. The number of hydrogen-bond acceptors (Lipinski definition) is 2. The van der Waals surface area contributed by atoms with Gasteiger partial charge in [0.15, 0.2) is 0 Å². The van der Waals surface area contributed by atoms with E-state index in [1.807, 2.05) is 12.3 Å². The van der Waals surface area contributed by atoms with Gasteiger partial charge in [0.25, 0.3) is 0 Å². The van der Waals surface area contributed by atoms with Crippen molar-refractivity contribution < 1.29 is 4.79 Å². The highest BCUT2D eigenvalue weighted by Gasteiger charge is 2.07. The highest BCUT2D eigenvalue weighted by atomic mass is 35.5. The fourth-order valence-electron chi connectivity index (χ4n) is 1.94. The molecule has 5 heteroatoms. The van der Waals surface area contributed by atoms with Gasteiger partial charge in [-0.2, -0.15) is 0 Å². The Morgan fingerprint density at radius 3 is 2.84 bits per heavy atom. The fourth-order valence-corrected chi connectivity index (χ4v) is 2.21. The summed E-state index contributed by atoms with van der Waals surface area (Å²) in [5, 5.41) is 3.64. The van der Waals surface area contributed by atoms with E-state index < -0.39 is 5.91 Å². The van der Waals surface area contributed by atoms with Gasteiger partial charge in [-0.25, -0.2) is 0 Å². The van der Waals surface area contributed by atoms with Crippen LogP contribution in [-0.2, 0) is 13.1 Å². The third kappa shape index (κ3) is 3.09. The molecular weight excluding hydrogens is 262 g/mol. The van der Waals surface area contributed by atoms with Crippen LogP contribution in [-0.4, -0.2) is 10.5 Å². The molecule has 19 heavy (non-hydrogen) atoms. The summed E-state index contributed by atoms with van der Waals surface area (Å²) in [5.41, 5.74) is 7.60. The number of halogens is 1. The van der Waals surface area contributed by atoms with E-state index in [-0.39, 0.29) is 0 Å². The predicted molar refractivity (Wildman–Crippen MR) is 77.4 cm³/mol. The number of hydrogen-bond donors (Lipinski definition) is 2. The van der Waals surface area contributed by atoms with Crippen molar-refractivity contribution in [2.24, 2.45) is 5.73 Å². The summed E-state index contributed by atoms with van der Waals surface area (Å²) in [4.78, 5) is 11.1. The van der Waals surface area contributed by atoms with Gasteiger partial charge in [-0.3, -0.25) is 4.79 Å². The first-order valence-corrected chi connectivity index (χ1v) is 6.47. The van der Waals surface area contributed by atoms with E-state index in [9.17, 15) is 4.79 Å². The van der Waals surface area contributed by atoms with Crippen molar-refractivity contribution >= 4 is 23.2 Å². The number of primary amides is 1. The highest BCUT2D eigenvalue weighted by molar-refractivity contribution is 6.34. The maximum absolute atomic E-state index is 11.1. The smallest absolute Gasteiger partial charge is 0.250 e. The number of anilines is 1. The van der Waals surface area contributed by atoms with Gasteiger partial charge >= 0.3 is 0 Å². The molecule has 0 radical (unpaired) electrons. The Morgan fingerprint density at radius 1 is 1.42 bits per heavy atom. The summed E-state index contributed by atoms with van der Waals surface area (Å²) in [6.07, 6.45) is 2.04. The number of nitrogens with zero attached hydrogens (tertiary/aromatic N) is 1. The highest BCUT2D eigenvalue weighted by Crippen LogP contribution is 2.21. The van der Waals surface area contributed by atoms with Crippen molar-refractivity contribution in [3.63, 3.8) is 0 Å². The van der Waals surface area contributed by atoms with Crippen molar-refractivity contribution in [1.29, 1.82) is 0 Å². The molecular formula is C14H16ClN3O. The van der Waals surface area contributed by atoms with E-state index in [4.69, 9.17) is 17.3 Å². The maximum atomic E-state index is 11.1. The zero-order chi connectivity index (χ0) is 13.8. The standard InChI is InChI=1S/C14H16ClN3O/c1-2-18-7-3-4-11(18)9-17-10-5-6-12(14(16)19)13(15)8-10/h3-8,17H,2,9H2,1H3,(H2,16,19). The van der Waals surface area contributed by atoms with Crippen LogP contribution < -0.4 is 11.1 Å². The van der Waals surface area contributed by atoms with Gasteiger partial charge in [0.05, 0.1) is 17.1 Å². The third-order valence-electron chi connectivity index (χ3n) is 2.97. The second-order valence-electron chi connectivity index (χ2n) is 4.20. The Hall–Kier alpha value is -1.94. The zero-order valence-corrected chi connectivity index (χ0v) is 11.4. The van der Waals surface area contributed by atoms with E-state index in [0.29, 0.717) is 17.1 Å². The summed E-state index contributed by atoms with van der Waals surface area (Å²) in [6, 6.07) is 9.22. The van der Waals surface area contributed by atoms with Gasteiger partial charge in [0, 0.05) is 24.1 Å². The van der Waals surface area contributed by atoms with E-state index in [2.05, 4.69) is 22.9 Å². The number of carbonyl (C=O) groups is 1. The molecule has 0 spiro atoms. The molecule has 100 valence electrons. The van der Waals surface area contributed by atoms with Gasteiger partial charge in [-0.1, -0.05) is 11.6 Å². The Balaban J connectivity index is 2.08. The first kappa shape index (κ1) is 13.5. The summed E-state index contributed by atoms with van der Waals surface area (Å²) >= 11 is 6.00. The first-order valence-electron chi connectivity index (χ1n) is 6.09. The van der Waals surface area contributed by atoms with Crippen LogP contribution in [0.1, 0.15) is 23.0 Å². The average molecular weight is 278 g/mol. The minimum atomic E-state index is -0.517. The van der Waals surface area contributed by atoms with Gasteiger partial charge in [0.2, 0.25) is 5.91 Å². The molecule has 0 bridgehead atoms. The van der Waals surface area contributed by atoms with Gasteiger partial charge in [-0.15, -0.1) is 0 Å². The molecule has 0 saturated heterocycles. The van der Waals surface area contributed by atoms with E-state index in [1.54, 1.807) is 18.2 Å². The monoisotopic (exact) mass is 277 g/mol. The normalized spacial score (nSPS) is 10.4. The largest absolute Gasteiger partial charge is 0.379 e. The molecule has 0 aliphatic carbocycles. The average Bonchev–Trinajstić information content (AvgIpc) is 2.83. The molecule has 0 atom stereocenters. The number of nitrogens with two attached hydrogens (primary N) is 1. The van der Waals surface area contributed by atoms with Crippen LogP contribution in [0, 0.1) is 0 Å². The van der Waals surface area contributed by atoms with Crippen LogP contribution in [0.25, 0.3) is 0 Å². The first-order chi connectivity index (χ1) is 9.11. The number of aryl methyl sites for hydroxylation is 1. The minimum absolute atomic E-state index is 0.337. The molecule has 2 rings (SSSR count). The molecule has 4 nitrogen and oxygen atoms in total. The minimum Gasteiger partial charge on any atom is -0.379 e. The Labute approximate surface area is 117 Å². The molecule has 0 unspecified atom stereocenters. The summed E-state index contributed by atoms with van der Waals surface area (Å²) in [6.45, 7) is 3.74. The second kappa shape index (κ2) is 5.80.